The zero-order chi connectivity index (χ0) is 9.31. The first-order valence-electron chi connectivity index (χ1n) is 5.90. The second-order valence-electron chi connectivity index (χ2n) is 5.17. The van der Waals surface area contributed by atoms with E-state index < -0.39 is 0 Å². The van der Waals surface area contributed by atoms with Gasteiger partial charge in [0.05, 0.1) is 0 Å². The van der Waals surface area contributed by atoms with E-state index in [9.17, 15) is 5.11 Å². The number of rotatable bonds is 1. The maximum Gasteiger partial charge on any atom is 0.0492 e. The summed E-state index contributed by atoms with van der Waals surface area (Å²) in [5, 5.41) is 9.65. The summed E-state index contributed by atoms with van der Waals surface area (Å²) < 4.78 is 0. The average Bonchev–Trinajstić information content (AvgIpc) is 2.38. The molecule has 3 atom stereocenters. The molecule has 2 aliphatic carbocycles. The van der Waals surface area contributed by atoms with Crippen molar-refractivity contribution in [2.24, 2.45) is 17.3 Å². The monoisotopic (exact) mass is 182 g/mol. The van der Waals surface area contributed by atoms with Crippen LogP contribution in [0.3, 0.4) is 0 Å². The molecule has 13 heavy (non-hydrogen) atoms. The molecule has 0 heterocycles. The van der Waals surface area contributed by atoms with Gasteiger partial charge in [-0.1, -0.05) is 26.2 Å². The molecule has 0 aliphatic heterocycles. The molecule has 2 aliphatic rings. The van der Waals surface area contributed by atoms with Gasteiger partial charge in [-0.05, 0) is 42.9 Å². The third kappa shape index (κ3) is 1.41. The van der Waals surface area contributed by atoms with Gasteiger partial charge in [-0.15, -0.1) is 0 Å². The number of hydrogen-bond acceptors (Lipinski definition) is 1. The van der Waals surface area contributed by atoms with Crippen LogP contribution in [0.2, 0.25) is 0 Å². The van der Waals surface area contributed by atoms with E-state index in [0.717, 1.165) is 11.8 Å². The lowest BCUT2D eigenvalue weighted by molar-refractivity contribution is 0.0412. The van der Waals surface area contributed by atoms with Gasteiger partial charge < -0.3 is 5.11 Å². The van der Waals surface area contributed by atoms with E-state index in [4.69, 9.17) is 0 Å². The summed E-state index contributed by atoms with van der Waals surface area (Å²) in [5.41, 5.74) is 0.330. The van der Waals surface area contributed by atoms with Crippen molar-refractivity contribution in [3.8, 4) is 0 Å². The Hall–Kier alpha value is -0.0400. The summed E-state index contributed by atoms with van der Waals surface area (Å²) >= 11 is 0. The Labute approximate surface area is 81.5 Å². The van der Waals surface area contributed by atoms with Crippen molar-refractivity contribution in [3.63, 3.8) is 0 Å². The van der Waals surface area contributed by atoms with Crippen LogP contribution >= 0.6 is 0 Å². The standard InChI is InChI=1S/C12H22O/c1-10-6-7-11-5-3-2-4-8-12(10,11)9-13/h10-11,13H,2-9H2,1H3/t10-,11+,12+/m1/s1. The molecule has 0 amide bonds. The fourth-order valence-electron chi connectivity index (χ4n) is 3.70. The fourth-order valence-corrected chi connectivity index (χ4v) is 3.70. The summed E-state index contributed by atoms with van der Waals surface area (Å²) in [6.45, 7) is 2.79. The van der Waals surface area contributed by atoms with E-state index in [1.165, 1.54) is 44.9 Å². The minimum absolute atomic E-state index is 0.330. The number of fused-ring (bicyclic) bond motifs is 1. The van der Waals surface area contributed by atoms with Crippen LogP contribution in [0.4, 0.5) is 0 Å². The van der Waals surface area contributed by atoms with Crippen molar-refractivity contribution < 1.29 is 5.11 Å². The Morgan fingerprint density at radius 3 is 2.77 bits per heavy atom. The summed E-state index contributed by atoms with van der Waals surface area (Å²) in [7, 11) is 0. The van der Waals surface area contributed by atoms with Gasteiger partial charge in [-0.25, -0.2) is 0 Å². The molecule has 0 aromatic heterocycles. The molecular weight excluding hydrogens is 160 g/mol. The fraction of sp³-hybridized carbons (Fsp3) is 1.00. The third-order valence-corrected chi connectivity index (χ3v) is 4.73. The molecule has 2 saturated carbocycles. The maximum absolute atomic E-state index is 9.65. The Kier molecular flexibility index (Phi) is 2.64. The highest BCUT2D eigenvalue weighted by Gasteiger charge is 2.47. The van der Waals surface area contributed by atoms with Gasteiger partial charge in [0, 0.05) is 6.61 Å². The lowest BCUT2D eigenvalue weighted by Gasteiger charge is -2.36. The van der Waals surface area contributed by atoms with E-state index >= 15 is 0 Å². The molecule has 0 aromatic rings. The van der Waals surface area contributed by atoms with Crippen molar-refractivity contribution in [2.45, 2.75) is 51.9 Å². The van der Waals surface area contributed by atoms with Gasteiger partial charge in [0.25, 0.3) is 0 Å². The molecule has 0 radical (unpaired) electrons. The molecule has 0 aromatic carbocycles. The average molecular weight is 182 g/mol. The first kappa shape index (κ1) is 9.51. The first-order chi connectivity index (χ1) is 6.29. The summed E-state index contributed by atoms with van der Waals surface area (Å²) in [6.07, 6.45) is 9.54. The van der Waals surface area contributed by atoms with E-state index in [2.05, 4.69) is 6.92 Å². The van der Waals surface area contributed by atoms with Crippen molar-refractivity contribution >= 4 is 0 Å². The molecule has 0 spiro atoms. The highest BCUT2D eigenvalue weighted by atomic mass is 16.3. The van der Waals surface area contributed by atoms with Crippen LogP contribution < -0.4 is 0 Å². The molecule has 76 valence electrons. The van der Waals surface area contributed by atoms with Crippen molar-refractivity contribution in [1.82, 2.24) is 0 Å². The summed E-state index contributed by atoms with van der Waals surface area (Å²) in [6, 6.07) is 0. The molecular formula is C12H22O. The normalized spacial score (nSPS) is 45.7. The minimum Gasteiger partial charge on any atom is -0.396 e. The molecule has 1 heteroatoms. The van der Waals surface area contributed by atoms with E-state index in [1.807, 2.05) is 0 Å². The molecule has 0 bridgehead atoms. The van der Waals surface area contributed by atoms with E-state index in [1.54, 1.807) is 0 Å². The van der Waals surface area contributed by atoms with Crippen molar-refractivity contribution in [1.29, 1.82) is 0 Å². The first-order valence-corrected chi connectivity index (χ1v) is 5.90. The van der Waals surface area contributed by atoms with Crippen LogP contribution in [-0.2, 0) is 0 Å². The number of hydrogen-bond donors (Lipinski definition) is 1. The van der Waals surface area contributed by atoms with Crippen molar-refractivity contribution in [2.75, 3.05) is 6.61 Å². The predicted molar refractivity (Wildman–Crippen MR) is 54.5 cm³/mol. The second-order valence-corrected chi connectivity index (χ2v) is 5.17. The molecule has 0 saturated heterocycles. The third-order valence-electron chi connectivity index (χ3n) is 4.73. The lowest BCUT2D eigenvalue weighted by atomic mass is 9.70. The van der Waals surface area contributed by atoms with Gasteiger partial charge in [-0.3, -0.25) is 0 Å². The molecule has 1 N–H and O–H groups in total. The van der Waals surface area contributed by atoms with Crippen LogP contribution in [0, 0.1) is 17.3 Å². The Bertz CT molecular complexity index is 178. The Morgan fingerprint density at radius 2 is 2.00 bits per heavy atom. The molecule has 2 fully saturated rings. The smallest absolute Gasteiger partial charge is 0.0492 e. The summed E-state index contributed by atoms with van der Waals surface area (Å²) in [4.78, 5) is 0. The Balaban J connectivity index is 2.19. The molecule has 2 rings (SSSR count). The predicted octanol–water partition coefficient (Wildman–Crippen LogP) is 2.98. The van der Waals surface area contributed by atoms with Gasteiger partial charge in [0.15, 0.2) is 0 Å². The van der Waals surface area contributed by atoms with Gasteiger partial charge in [0.2, 0.25) is 0 Å². The largest absolute Gasteiger partial charge is 0.396 e. The SMILES string of the molecule is C[C@@H]1CC[C@@H]2CCCCC[C@@]21CO. The van der Waals surface area contributed by atoms with Crippen LogP contribution in [0.5, 0.6) is 0 Å². The van der Waals surface area contributed by atoms with Crippen LogP contribution in [0.1, 0.15) is 51.9 Å². The Morgan fingerprint density at radius 1 is 1.15 bits per heavy atom. The topological polar surface area (TPSA) is 20.2 Å². The highest BCUT2D eigenvalue weighted by molar-refractivity contribution is 4.96. The van der Waals surface area contributed by atoms with E-state index in [0.29, 0.717) is 12.0 Å². The van der Waals surface area contributed by atoms with Crippen LogP contribution in [0.15, 0.2) is 0 Å². The highest BCUT2D eigenvalue weighted by Crippen LogP contribution is 2.54. The number of aliphatic hydroxyl groups excluding tert-OH is 1. The van der Waals surface area contributed by atoms with Gasteiger partial charge in [0.1, 0.15) is 0 Å². The van der Waals surface area contributed by atoms with Crippen LogP contribution in [0.25, 0.3) is 0 Å². The zero-order valence-electron chi connectivity index (χ0n) is 8.76. The van der Waals surface area contributed by atoms with Crippen LogP contribution in [-0.4, -0.2) is 11.7 Å². The summed E-state index contributed by atoms with van der Waals surface area (Å²) in [5.74, 6) is 1.61. The zero-order valence-corrected chi connectivity index (χ0v) is 8.76. The molecule has 0 unspecified atom stereocenters. The van der Waals surface area contributed by atoms with E-state index in [-0.39, 0.29) is 0 Å². The van der Waals surface area contributed by atoms with Gasteiger partial charge in [-0.2, -0.15) is 0 Å². The maximum atomic E-state index is 9.65. The van der Waals surface area contributed by atoms with Crippen molar-refractivity contribution in [3.05, 3.63) is 0 Å². The minimum atomic E-state index is 0.330. The number of aliphatic hydroxyl groups is 1. The quantitative estimate of drug-likeness (QED) is 0.661. The second kappa shape index (κ2) is 3.61. The van der Waals surface area contributed by atoms with Gasteiger partial charge >= 0.3 is 0 Å². The lowest BCUT2D eigenvalue weighted by Crippen LogP contribution is -2.34. The molecule has 1 nitrogen and oxygen atoms in total.